The molecule has 0 radical (unpaired) electrons. The Morgan fingerprint density at radius 3 is 2.45 bits per heavy atom. The molecule has 0 heterocycles. The third kappa shape index (κ3) is 4.27. The Labute approximate surface area is 126 Å². The molecule has 6 nitrogen and oxygen atoms in total. The second-order valence-corrected chi connectivity index (χ2v) is 5.91. The third-order valence-corrected chi connectivity index (χ3v) is 3.64. The minimum atomic E-state index is -4.14. The number of rotatable bonds is 4. The zero-order valence-corrected chi connectivity index (χ0v) is 12.1. The number of carbonyl (C=O) groups excluding carboxylic acids is 1. The Morgan fingerprint density at radius 2 is 1.86 bits per heavy atom. The number of nitrogens with one attached hydrogen (secondary N) is 1. The molecular formula is C14H13FN2O4S. The van der Waals surface area contributed by atoms with Gasteiger partial charge in [-0.2, -0.15) is 0 Å². The van der Waals surface area contributed by atoms with E-state index in [1.807, 2.05) is 6.07 Å². The van der Waals surface area contributed by atoms with Gasteiger partial charge in [0.25, 0.3) is 0 Å². The predicted octanol–water partition coefficient (Wildman–Crippen LogP) is 2.22. The van der Waals surface area contributed by atoms with Gasteiger partial charge < -0.3 is 4.74 Å². The zero-order valence-electron chi connectivity index (χ0n) is 11.3. The van der Waals surface area contributed by atoms with Crippen molar-refractivity contribution >= 4 is 21.8 Å². The molecule has 0 aliphatic carbocycles. The number of hydrogen-bond acceptors (Lipinski definition) is 4. The molecule has 3 N–H and O–H groups in total. The van der Waals surface area contributed by atoms with E-state index in [2.05, 4.69) is 5.32 Å². The SMILES string of the molecule is NS(=O)(=O)c1ccc(NC(=O)OCc2ccccc2)cc1F. The van der Waals surface area contributed by atoms with E-state index in [-0.39, 0.29) is 12.3 Å². The van der Waals surface area contributed by atoms with Crippen molar-refractivity contribution in [2.75, 3.05) is 5.32 Å². The first kappa shape index (κ1) is 15.9. The van der Waals surface area contributed by atoms with Crippen LogP contribution in [0.4, 0.5) is 14.9 Å². The molecule has 2 aromatic rings. The topological polar surface area (TPSA) is 98.5 Å². The van der Waals surface area contributed by atoms with Crippen LogP contribution >= 0.6 is 0 Å². The van der Waals surface area contributed by atoms with E-state index in [0.29, 0.717) is 0 Å². The number of primary sulfonamides is 1. The molecule has 2 aromatic carbocycles. The Hall–Kier alpha value is -2.45. The van der Waals surface area contributed by atoms with E-state index in [9.17, 15) is 17.6 Å². The maximum absolute atomic E-state index is 13.6. The first-order valence-corrected chi connectivity index (χ1v) is 7.71. The minimum Gasteiger partial charge on any atom is -0.444 e. The molecule has 0 saturated carbocycles. The number of sulfonamides is 1. The van der Waals surface area contributed by atoms with E-state index in [0.717, 1.165) is 17.7 Å². The van der Waals surface area contributed by atoms with Gasteiger partial charge in [0.05, 0.1) is 0 Å². The summed E-state index contributed by atoms with van der Waals surface area (Å²) in [6, 6.07) is 12.0. The molecular weight excluding hydrogens is 311 g/mol. The lowest BCUT2D eigenvalue weighted by atomic mass is 10.2. The Kier molecular flexibility index (Phi) is 4.74. The van der Waals surface area contributed by atoms with Gasteiger partial charge in [0.1, 0.15) is 17.3 Å². The van der Waals surface area contributed by atoms with Gasteiger partial charge in [0, 0.05) is 5.69 Å². The van der Waals surface area contributed by atoms with Gasteiger partial charge >= 0.3 is 6.09 Å². The number of nitrogens with two attached hydrogens (primary N) is 1. The summed E-state index contributed by atoms with van der Waals surface area (Å²) in [5.41, 5.74) is 0.858. The quantitative estimate of drug-likeness (QED) is 0.901. The molecule has 2 rings (SSSR count). The van der Waals surface area contributed by atoms with E-state index >= 15 is 0 Å². The highest BCUT2D eigenvalue weighted by molar-refractivity contribution is 7.89. The van der Waals surface area contributed by atoms with Crippen molar-refractivity contribution in [3.05, 3.63) is 59.9 Å². The maximum Gasteiger partial charge on any atom is 0.411 e. The highest BCUT2D eigenvalue weighted by Crippen LogP contribution is 2.18. The number of hydrogen-bond donors (Lipinski definition) is 2. The second-order valence-electron chi connectivity index (χ2n) is 4.38. The van der Waals surface area contributed by atoms with Crippen LogP contribution in [0.25, 0.3) is 0 Å². The average molecular weight is 324 g/mol. The van der Waals surface area contributed by atoms with Crippen molar-refractivity contribution < 1.29 is 22.3 Å². The smallest absolute Gasteiger partial charge is 0.411 e. The molecule has 116 valence electrons. The maximum atomic E-state index is 13.6. The van der Waals surface area contributed by atoms with Crippen LogP contribution in [-0.4, -0.2) is 14.5 Å². The fourth-order valence-corrected chi connectivity index (χ4v) is 2.27. The molecule has 0 unspecified atom stereocenters. The van der Waals surface area contributed by atoms with Gasteiger partial charge in [-0.3, -0.25) is 5.32 Å². The van der Waals surface area contributed by atoms with Gasteiger partial charge in [-0.25, -0.2) is 22.7 Å². The van der Waals surface area contributed by atoms with E-state index in [1.54, 1.807) is 24.3 Å². The highest BCUT2D eigenvalue weighted by Gasteiger charge is 2.15. The molecule has 0 aromatic heterocycles. The largest absolute Gasteiger partial charge is 0.444 e. The summed E-state index contributed by atoms with van der Waals surface area (Å²) in [5, 5.41) is 7.14. The molecule has 0 fully saturated rings. The van der Waals surface area contributed by atoms with Gasteiger partial charge in [0.15, 0.2) is 0 Å². The number of amides is 1. The average Bonchev–Trinajstić information content (AvgIpc) is 2.45. The molecule has 0 aliphatic rings. The lowest BCUT2D eigenvalue weighted by Gasteiger charge is -2.08. The summed E-state index contributed by atoms with van der Waals surface area (Å²) < 4.78 is 40.7. The van der Waals surface area contributed by atoms with Crippen molar-refractivity contribution in [2.24, 2.45) is 5.14 Å². The molecule has 22 heavy (non-hydrogen) atoms. The zero-order chi connectivity index (χ0) is 16.2. The van der Waals surface area contributed by atoms with Gasteiger partial charge in [0.2, 0.25) is 10.0 Å². The first-order chi connectivity index (χ1) is 10.4. The van der Waals surface area contributed by atoms with Crippen LogP contribution in [0, 0.1) is 5.82 Å². The van der Waals surface area contributed by atoms with Crippen LogP contribution in [0.3, 0.4) is 0 Å². The number of ether oxygens (including phenoxy) is 1. The monoisotopic (exact) mass is 324 g/mol. The summed E-state index contributed by atoms with van der Waals surface area (Å²) >= 11 is 0. The normalized spacial score (nSPS) is 11.0. The fraction of sp³-hybridized carbons (Fsp3) is 0.0714. The van der Waals surface area contributed by atoms with E-state index in [1.165, 1.54) is 6.07 Å². The number of carbonyl (C=O) groups is 1. The van der Waals surface area contributed by atoms with Crippen molar-refractivity contribution in [2.45, 2.75) is 11.5 Å². The van der Waals surface area contributed by atoms with Crippen LogP contribution in [0.5, 0.6) is 0 Å². The Morgan fingerprint density at radius 1 is 1.18 bits per heavy atom. The number of anilines is 1. The highest BCUT2D eigenvalue weighted by atomic mass is 32.2. The molecule has 0 atom stereocenters. The summed E-state index contributed by atoms with van der Waals surface area (Å²) in [7, 11) is -4.14. The molecule has 0 spiro atoms. The minimum absolute atomic E-state index is 0.0583. The molecule has 0 saturated heterocycles. The lowest BCUT2D eigenvalue weighted by molar-refractivity contribution is 0.155. The standard InChI is InChI=1S/C14H13FN2O4S/c15-12-8-11(6-7-13(12)22(16,19)20)17-14(18)21-9-10-4-2-1-3-5-10/h1-8H,9H2,(H,17,18)(H2,16,19,20). The van der Waals surface area contributed by atoms with Crippen LogP contribution in [0.15, 0.2) is 53.4 Å². The van der Waals surface area contributed by atoms with E-state index in [4.69, 9.17) is 9.88 Å². The van der Waals surface area contributed by atoms with Gasteiger partial charge in [-0.15, -0.1) is 0 Å². The molecule has 1 amide bonds. The van der Waals surface area contributed by atoms with Crippen molar-refractivity contribution in [1.29, 1.82) is 0 Å². The Balaban J connectivity index is 1.99. The van der Waals surface area contributed by atoms with Crippen molar-refractivity contribution in [3.8, 4) is 0 Å². The van der Waals surface area contributed by atoms with Crippen LogP contribution in [0.1, 0.15) is 5.56 Å². The van der Waals surface area contributed by atoms with Gasteiger partial charge in [-0.05, 0) is 23.8 Å². The summed E-state index contributed by atoms with van der Waals surface area (Å²) in [6.45, 7) is 0.0599. The van der Waals surface area contributed by atoms with E-state index < -0.39 is 26.8 Å². The summed E-state index contributed by atoms with van der Waals surface area (Å²) in [6.07, 6.45) is -0.786. The predicted molar refractivity (Wildman–Crippen MR) is 78.0 cm³/mol. The lowest BCUT2D eigenvalue weighted by Crippen LogP contribution is -2.16. The number of halogens is 1. The summed E-state index contributed by atoms with van der Waals surface area (Å²) in [4.78, 5) is 10.9. The van der Waals surface area contributed by atoms with Gasteiger partial charge in [-0.1, -0.05) is 30.3 Å². The number of benzene rings is 2. The van der Waals surface area contributed by atoms with Crippen LogP contribution < -0.4 is 10.5 Å². The molecule has 0 bridgehead atoms. The Bertz CT molecular complexity index is 779. The van der Waals surface area contributed by atoms with Crippen LogP contribution in [0.2, 0.25) is 0 Å². The first-order valence-electron chi connectivity index (χ1n) is 6.16. The third-order valence-electron chi connectivity index (χ3n) is 2.70. The summed E-state index contributed by atoms with van der Waals surface area (Å²) in [5.74, 6) is -1.05. The van der Waals surface area contributed by atoms with Crippen molar-refractivity contribution in [1.82, 2.24) is 0 Å². The second kappa shape index (κ2) is 6.54. The fourth-order valence-electron chi connectivity index (χ4n) is 1.69. The molecule has 0 aliphatic heterocycles. The van der Waals surface area contributed by atoms with Crippen LogP contribution in [-0.2, 0) is 21.4 Å². The molecule has 8 heteroatoms. The van der Waals surface area contributed by atoms with Crippen molar-refractivity contribution in [3.63, 3.8) is 0 Å².